The van der Waals surface area contributed by atoms with Gasteiger partial charge in [0, 0.05) is 0 Å². The van der Waals surface area contributed by atoms with E-state index in [0.717, 1.165) is 0 Å². The van der Waals surface area contributed by atoms with Gasteiger partial charge in [-0.1, -0.05) is 0 Å². The van der Waals surface area contributed by atoms with Crippen LogP contribution >= 0.6 is 0 Å². The maximum absolute atomic E-state index is 8.96. The molecule has 1 rings (SSSR count). The zero-order chi connectivity index (χ0) is 5.33. The molecule has 1 aliphatic rings. The molecule has 1 unspecified atom stereocenters. The summed E-state index contributed by atoms with van der Waals surface area (Å²) < 4.78 is 4.80. The quantitative estimate of drug-likeness (QED) is 0.425. The molecule has 0 bridgehead atoms. The molecular formula is C4H9NO2. The molecule has 0 spiro atoms. The van der Waals surface area contributed by atoms with E-state index >= 15 is 0 Å². The molecule has 0 aromatic heterocycles. The Morgan fingerprint density at radius 3 is 2.71 bits per heavy atom. The highest BCUT2D eigenvalue weighted by atomic mass is 16.5. The van der Waals surface area contributed by atoms with Crippen molar-refractivity contribution in [2.45, 2.75) is 12.6 Å². The van der Waals surface area contributed by atoms with Gasteiger partial charge in [-0.3, -0.25) is 5.32 Å². The van der Waals surface area contributed by atoms with Crippen LogP contribution < -0.4 is 5.32 Å². The van der Waals surface area contributed by atoms with Gasteiger partial charge < -0.3 is 9.84 Å². The molecule has 0 amide bonds. The fourth-order valence-electron chi connectivity index (χ4n) is 0.507. The maximum atomic E-state index is 8.96. The van der Waals surface area contributed by atoms with Crippen molar-refractivity contribution in [3.8, 4) is 0 Å². The van der Waals surface area contributed by atoms with Crippen LogP contribution in [0.1, 0.15) is 6.92 Å². The van der Waals surface area contributed by atoms with Crippen LogP contribution in [-0.4, -0.2) is 24.2 Å². The number of rotatable bonds is 0. The van der Waals surface area contributed by atoms with Gasteiger partial charge in [-0.05, 0) is 6.92 Å². The van der Waals surface area contributed by atoms with Gasteiger partial charge in [-0.25, -0.2) is 0 Å². The van der Waals surface area contributed by atoms with E-state index in [9.17, 15) is 0 Å². The molecule has 1 aliphatic heterocycles. The Labute approximate surface area is 42.3 Å². The van der Waals surface area contributed by atoms with Gasteiger partial charge in [0.1, 0.15) is 5.72 Å². The largest absolute Gasteiger partial charge is 0.374 e. The van der Waals surface area contributed by atoms with Crippen LogP contribution in [0.2, 0.25) is 0 Å². The summed E-state index contributed by atoms with van der Waals surface area (Å²) in [5, 5.41) is 11.7. The maximum Gasteiger partial charge on any atom is 0.138 e. The molecule has 42 valence electrons. The highest BCUT2D eigenvalue weighted by Crippen LogP contribution is 2.03. The lowest BCUT2D eigenvalue weighted by atomic mass is 10.3. The minimum absolute atomic E-state index is 0.396. The van der Waals surface area contributed by atoms with Crippen molar-refractivity contribution in [1.29, 1.82) is 0 Å². The van der Waals surface area contributed by atoms with Crippen molar-refractivity contribution in [3.63, 3.8) is 0 Å². The van der Waals surface area contributed by atoms with Crippen LogP contribution in [0.25, 0.3) is 0 Å². The highest BCUT2D eigenvalue weighted by molar-refractivity contribution is 4.70. The summed E-state index contributed by atoms with van der Waals surface area (Å²) in [6, 6.07) is 0. The predicted octanol–water partition coefficient (Wildman–Crippen LogP) is -0.728. The lowest BCUT2D eigenvalue weighted by Gasteiger charge is -2.11. The molecule has 1 atom stereocenters. The smallest absolute Gasteiger partial charge is 0.138 e. The van der Waals surface area contributed by atoms with E-state index in [2.05, 4.69) is 5.32 Å². The van der Waals surface area contributed by atoms with E-state index in [-0.39, 0.29) is 0 Å². The van der Waals surface area contributed by atoms with Crippen molar-refractivity contribution >= 4 is 0 Å². The Kier molecular flexibility index (Phi) is 1.03. The van der Waals surface area contributed by atoms with Crippen LogP contribution in [-0.2, 0) is 4.74 Å². The molecule has 1 fully saturated rings. The van der Waals surface area contributed by atoms with E-state index in [4.69, 9.17) is 9.84 Å². The van der Waals surface area contributed by atoms with E-state index in [1.54, 1.807) is 6.92 Å². The summed E-state index contributed by atoms with van der Waals surface area (Å²) in [7, 11) is 0. The number of hydrogen-bond acceptors (Lipinski definition) is 3. The summed E-state index contributed by atoms with van der Waals surface area (Å²) >= 11 is 0. The zero-order valence-corrected chi connectivity index (χ0v) is 4.27. The predicted molar refractivity (Wildman–Crippen MR) is 24.6 cm³/mol. The summed E-state index contributed by atoms with van der Waals surface area (Å²) in [5.74, 6) is 0. The molecule has 1 saturated heterocycles. The van der Waals surface area contributed by atoms with Crippen molar-refractivity contribution in [3.05, 3.63) is 0 Å². The molecule has 0 saturated carbocycles. The normalized spacial score (nSPS) is 42.0. The third kappa shape index (κ3) is 1.12. The second-order valence-electron chi connectivity index (χ2n) is 1.94. The van der Waals surface area contributed by atoms with E-state index < -0.39 is 5.72 Å². The standard InChI is InChI=1S/C4H9NO2/c1-4(6)2-7-3-5-4/h5-6H,2-3H2,1H3. The second kappa shape index (κ2) is 1.43. The minimum Gasteiger partial charge on any atom is -0.374 e. The topological polar surface area (TPSA) is 41.5 Å². The number of nitrogens with one attached hydrogen (secondary N) is 1. The summed E-state index contributed by atoms with van der Waals surface area (Å²) in [4.78, 5) is 0. The molecule has 0 aromatic rings. The lowest BCUT2D eigenvalue weighted by Crippen LogP contribution is -2.37. The number of hydrogen-bond donors (Lipinski definition) is 2. The Bertz CT molecular complexity index is 64.1. The van der Waals surface area contributed by atoms with E-state index in [1.807, 2.05) is 0 Å². The van der Waals surface area contributed by atoms with E-state index in [0.29, 0.717) is 13.3 Å². The first-order chi connectivity index (χ1) is 3.21. The third-order valence-electron chi connectivity index (χ3n) is 0.938. The Balaban J connectivity index is 2.40. The Hall–Kier alpha value is -0.120. The fourth-order valence-corrected chi connectivity index (χ4v) is 0.507. The number of aliphatic hydroxyl groups is 1. The van der Waals surface area contributed by atoms with Gasteiger partial charge in [-0.2, -0.15) is 0 Å². The summed E-state index contributed by atoms with van der Waals surface area (Å²) in [6.07, 6.45) is 0. The van der Waals surface area contributed by atoms with Gasteiger partial charge in [0.2, 0.25) is 0 Å². The first-order valence-electron chi connectivity index (χ1n) is 2.26. The molecule has 0 aromatic carbocycles. The first kappa shape index (κ1) is 5.03. The molecule has 2 N–H and O–H groups in total. The van der Waals surface area contributed by atoms with Gasteiger partial charge in [-0.15, -0.1) is 0 Å². The average Bonchev–Trinajstić information content (AvgIpc) is 1.84. The van der Waals surface area contributed by atoms with Crippen molar-refractivity contribution < 1.29 is 9.84 Å². The zero-order valence-electron chi connectivity index (χ0n) is 4.27. The van der Waals surface area contributed by atoms with Crippen molar-refractivity contribution in [1.82, 2.24) is 5.32 Å². The Morgan fingerprint density at radius 1 is 1.86 bits per heavy atom. The van der Waals surface area contributed by atoms with Crippen molar-refractivity contribution in [2.75, 3.05) is 13.3 Å². The van der Waals surface area contributed by atoms with Gasteiger partial charge in [0.15, 0.2) is 0 Å². The van der Waals surface area contributed by atoms with Gasteiger partial charge in [0.25, 0.3) is 0 Å². The Morgan fingerprint density at radius 2 is 2.57 bits per heavy atom. The van der Waals surface area contributed by atoms with Crippen LogP contribution in [0.4, 0.5) is 0 Å². The van der Waals surface area contributed by atoms with Gasteiger partial charge >= 0.3 is 0 Å². The van der Waals surface area contributed by atoms with Crippen LogP contribution in [0.3, 0.4) is 0 Å². The third-order valence-corrected chi connectivity index (χ3v) is 0.938. The molecule has 7 heavy (non-hydrogen) atoms. The number of ether oxygens (including phenoxy) is 1. The lowest BCUT2D eigenvalue weighted by molar-refractivity contribution is 0.0313. The SMILES string of the molecule is CC1(O)COCN1. The molecule has 3 nitrogen and oxygen atoms in total. The minimum atomic E-state index is -0.778. The summed E-state index contributed by atoms with van der Waals surface area (Å²) in [5.41, 5.74) is -0.778. The average molecular weight is 103 g/mol. The van der Waals surface area contributed by atoms with E-state index in [1.165, 1.54) is 0 Å². The molecule has 3 heteroatoms. The van der Waals surface area contributed by atoms with Gasteiger partial charge in [0.05, 0.1) is 13.3 Å². The molecule has 1 heterocycles. The monoisotopic (exact) mass is 103 g/mol. The van der Waals surface area contributed by atoms with Crippen LogP contribution in [0, 0.1) is 0 Å². The highest BCUT2D eigenvalue weighted by Gasteiger charge is 2.24. The van der Waals surface area contributed by atoms with Crippen molar-refractivity contribution in [2.24, 2.45) is 0 Å². The first-order valence-corrected chi connectivity index (χ1v) is 2.26. The summed E-state index contributed by atoms with van der Waals surface area (Å²) in [6.45, 7) is 2.54. The fraction of sp³-hybridized carbons (Fsp3) is 1.00. The second-order valence-corrected chi connectivity index (χ2v) is 1.94. The molecule has 0 aliphatic carbocycles. The van der Waals surface area contributed by atoms with Crippen LogP contribution in [0.15, 0.2) is 0 Å². The molecule has 0 radical (unpaired) electrons. The molecular weight excluding hydrogens is 94.0 g/mol. The van der Waals surface area contributed by atoms with Crippen LogP contribution in [0.5, 0.6) is 0 Å².